The van der Waals surface area contributed by atoms with Crippen molar-refractivity contribution in [3.63, 3.8) is 0 Å². The normalized spacial score (nSPS) is 15.3. The average molecular weight is 478 g/mol. The Hall–Kier alpha value is -3.32. The zero-order valence-electron chi connectivity index (χ0n) is 21.0. The molecule has 2 heterocycles. The molecule has 2 aromatic carbocycles. The minimum Gasteiger partial charge on any atom is -0.507 e. The fraction of sp³-hybridized carbons (Fsp3) is 0.429. The average Bonchev–Trinajstić information content (AvgIpc) is 3.36. The first-order valence-electron chi connectivity index (χ1n) is 12.4. The molecule has 1 aliphatic rings. The summed E-state index contributed by atoms with van der Waals surface area (Å²) in [6.07, 6.45) is 1.83. The van der Waals surface area contributed by atoms with Crippen molar-refractivity contribution in [3.8, 4) is 22.8 Å². The highest BCUT2D eigenvalue weighted by atomic mass is 16.5. The number of para-hydroxylation sites is 1. The first-order chi connectivity index (χ1) is 16.9. The van der Waals surface area contributed by atoms with Crippen LogP contribution >= 0.6 is 0 Å². The number of carbonyl (C=O) groups is 1. The van der Waals surface area contributed by atoms with Crippen molar-refractivity contribution < 1.29 is 19.4 Å². The lowest BCUT2D eigenvalue weighted by molar-refractivity contribution is 0.0601. The van der Waals surface area contributed by atoms with Crippen LogP contribution in [0.25, 0.3) is 11.3 Å². The molecular formula is C28H35N3O4. The Labute approximate surface area is 207 Å². The van der Waals surface area contributed by atoms with Gasteiger partial charge in [-0.1, -0.05) is 38.1 Å². The molecule has 1 amide bonds. The standard InChI is InChI=1S/C28H35N3O4/c1-18(2)13-16-35-21-10-7-9-20(17-21)27-24-25(22-11-5-6-12-23(22)32)29-30-26(24)28(33)31(27)14-8-15-34-19(3)4/h5-7,9-12,17-19,27,32H,8,13-16H2,1-4H3,(H,29,30)/t27-/m1/s1. The lowest BCUT2D eigenvalue weighted by Gasteiger charge is -2.27. The quantitative estimate of drug-likeness (QED) is 0.353. The molecule has 1 aliphatic heterocycles. The Kier molecular flexibility index (Phi) is 7.76. The third-order valence-electron chi connectivity index (χ3n) is 6.16. The van der Waals surface area contributed by atoms with Crippen LogP contribution in [0, 0.1) is 5.92 Å². The maximum absolute atomic E-state index is 13.5. The molecule has 0 unspecified atom stereocenters. The Morgan fingerprint density at radius 2 is 1.89 bits per heavy atom. The second-order valence-corrected chi connectivity index (χ2v) is 9.66. The molecule has 1 atom stereocenters. The molecule has 7 nitrogen and oxygen atoms in total. The highest BCUT2D eigenvalue weighted by Crippen LogP contribution is 2.44. The SMILES string of the molecule is CC(C)CCOc1cccc([C@@H]2c3c(-c4ccccc4O)n[nH]c3C(=O)N2CCCOC(C)C)c1. The molecule has 7 heteroatoms. The maximum atomic E-state index is 13.5. The first kappa shape index (κ1) is 24.8. The minimum absolute atomic E-state index is 0.102. The van der Waals surface area contributed by atoms with Gasteiger partial charge < -0.3 is 19.5 Å². The summed E-state index contributed by atoms with van der Waals surface area (Å²) in [4.78, 5) is 15.4. The third kappa shape index (κ3) is 5.51. The Morgan fingerprint density at radius 3 is 2.63 bits per heavy atom. The van der Waals surface area contributed by atoms with Crippen molar-refractivity contribution in [2.45, 2.75) is 52.7 Å². The number of phenols is 1. The van der Waals surface area contributed by atoms with Crippen molar-refractivity contribution in [1.29, 1.82) is 0 Å². The zero-order valence-corrected chi connectivity index (χ0v) is 21.0. The van der Waals surface area contributed by atoms with Gasteiger partial charge in [-0.3, -0.25) is 9.89 Å². The molecule has 0 aliphatic carbocycles. The summed E-state index contributed by atoms with van der Waals surface area (Å²) in [5, 5.41) is 17.9. The topological polar surface area (TPSA) is 87.7 Å². The molecule has 0 spiro atoms. The number of amides is 1. The number of hydrogen-bond acceptors (Lipinski definition) is 5. The van der Waals surface area contributed by atoms with Crippen LogP contribution in [0.15, 0.2) is 48.5 Å². The van der Waals surface area contributed by atoms with E-state index in [0.717, 1.165) is 23.3 Å². The van der Waals surface area contributed by atoms with E-state index in [0.29, 0.717) is 49.0 Å². The third-order valence-corrected chi connectivity index (χ3v) is 6.16. The summed E-state index contributed by atoms with van der Waals surface area (Å²) < 4.78 is 11.7. The van der Waals surface area contributed by atoms with Crippen LogP contribution in [0.4, 0.5) is 0 Å². The van der Waals surface area contributed by atoms with Gasteiger partial charge in [0.25, 0.3) is 5.91 Å². The maximum Gasteiger partial charge on any atom is 0.273 e. The van der Waals surface area contributed by atoms with Crippen molar-refractivity contribution >= 4 is 5.91 Å². The van der Waals surface area contributed by atoms with Crippen molar-refractivity contribution in [2.75, 3.05) is 19.8 Å². The second-order valence-electron chi connectivity index (χ2n) is 9.66. The summed E-state index contributed by atoms with van der Waals surface area (Å²) in [6, 6.07) is 14.7. The van der Waals surface area contributed by atoms with Gasteiger partial charge in [-0.15, -0.1) is 0 Å². The lowest BCUT2D eigenvalue weighted by Crippen LogP contribution is -2.31. The molecule has 186 valence electrons. The first-order valence-corrected chi connectivity index (χ1v) is 12.4. The van der Waals surface area contributed by atoms with Gasteiger partial charge in [0, 0.05) is 24.3 Å². The van der Waals surface area contributed by atoms with Crippen molar-refractivity contribution in [3.05, 3.63) is 65.4 Å². The molecular weight excluding hydrogens is 442 g/mol. The molecule has 4 rings (SSSR count). The van der Waals surface area contributed by atoms with Crippen LogP contribution in [-0.4, -0.2) is 52.0 Å². The fourth-order valence-corrected chi connectivity index (χ4v) is 4.39. The number of ether oxygens (including phenoxy) is 2. The minimum atomic E-state index is -0.349. The number of aromatic amines is 1. The van der Waals surface area contributed by atoms with Gasteiger partial charge in [-0.2, -0.15) is 5.10 Å². The Bertz CT molecular complexity index is 1150. The second kappa shape index (κ2) is 11.0. The molecule has 0 radical (unpaired) electrons. The number of nitrogens with zero attached hydrogens (tertiary/aromatic N) is 2. The van der Waals surface area contributed by atoms with E-state index in [1.54, 1.807) is 12.1 Å². The molecule has 3 aromatic rings. The zero-order chi connectivity index (χ0) is 24.9. The Balaban J connectivity index is 1.70. The fourth-order valence-electron chi connectivity index (χ4n) is 4.39. The van der Waals surface area contributed by atoms with Crippen molar-refractivity contribution in [1.82, 2.24) is 15.1 Å². The highest BCUT2D eigenvalue weighted by Gasteiger charge is 2.42. The van der Waals surface area contributed by atoms with E-state index >= 15 is 0 Å². The van der Waals surface area contributed by atoms with E-state index in [1.165, 1.54) is 0 Å². The van der Waals surface area contributed by atoms with E-state index < -0.39 is 0 Å². The summed E-state index contributed by atoms with van der Waals surface area (Å²) in [7, 11) is 0. The summed E-state index contributed by atoms with van der Waals surface area (Å²) in [5.41, 5.74) is 3.37. The van der Waals surface area contributed by atoms with Crippen LogP contribution in [0.2, 0.25) is 0 Å². The van der Waals surface area contributed by atoms with Gasteiger partial charge in [-0.05, 0) is 62.4 Å². The Morgan fingerprint density at radius 1 is 1.09 bits per heavy atom. The molecule has 35 heavy (non-hydrogen) atoms. The number of rotatable bonds is 11. The smallest absolute Gasteiger partial charge is 0.273 e. The highest BCUT2D eigenvalue weighted by molar-refractivity contribution is 6.00. The number of aromatic hydroxyl groups is 1. The van der Waals surface area contributed by atoms with Gasteiger partial charge in [0.2, 0.25) is 0 Å². The molecule has 1 aromatic heterocycles. The molecule has 0 saturated carbocycles. The van der Waals surface area contributed by atoms with Gasteiger partial charge in [-0.25, -0.2) is 0 Å². The number of carbonyl (C=O) groups excluding carboxylic acids is 1. The summed E-state index contributed by atoms with van der Waals surface area (Å²) >= 11 is 0. The number of nitrogens with one attached hydrogen (secondary N) is 1. The van der Waals surface area contributed by atoms with Gasteiger partial charge >= 0.3 is 0 Å². The summed E-state index contributed by atoms with van der Waals surface area (Å²) in [6.45, 7) is 10.1. The van der Waals surface area contributed by atoms with E-state index in [1.807, 2.05) is 55.1 Å². The van der Waals surface area contributed by atoms with E-state index in [-0.39, 0.29) is 23.8 Å². The van der Waals surface area contributed by atoms with Crippen LogP contribution in [0.1, 0.15) is 68.2 Å². The molecule has 2 N–H and O–H groups in total. The van der Waals surface area contributed by atoms with E-state index in [9.17, 15) is 9.90 Å². The van der Waals surface area contributed by atoms with Gasteiger partial charge in [0.05, 0.1) is 18.8 Å². The number of aromatic nitrogens is 2. The molecule has 0 bridgehead atoms. The van der Waals surface area contributed by atoms with Crippen LogP contribution < -0.4 is 4.74 Å². The molecule has 0 fully saturated rings. The van der Waals surface area contributed by atoms with Crippen LogP contribution in [0.3, 0.4) is 0 Å². The van der Waals surface area contributed by atoms with E-state index in [2.05, 4.69) is 24.0 Å². The van der Waals surface area contributed by atoms with E-state index in [4.69, 9.17) is 9.47 Å². The molecule has 0 saturated heterocycles. The van der Waals surface area contributed by atoms with Gasteiger partial charge in [0.15, 0.2) is 0 Å². The number of fused-ring (bicyclic) bond motifs is 1. The number of phenolic OH excluding ortho intramolecular Hbond substituents is 1. The number of benzene rings is 2. The van der Waals surface area contributed by atoms with Crippen molar-refractivity contribution in [2.24, 2.45) is 5.92 Å². The monoisotopic (exact) mass is 477 g/mol. The number of hydrogen-bond donors (Lipinski definition) is 2. The van der Waals surface area contributed by atoms with Gasteiger partial charge in [0.1, 0.15) is 22.9 Å². The van der Waals surface area contributed by atoms with Crippen LogP contribution in [0.5, 0.6) is 11.5 Å². The van der Waals surface area contributed by atoms with Crippen LogP contribution in [-0.2, 0) is 4.74 Å². The number of H-pyrrole nitrogens is 1. The lowest BCUT2D eigenvalue weighted by atomic mass is 9.95. The summed E-state index contributed by atoms with van der Waals surface area (Å²) in [5.74, 6) is 1.36. The predicted molar refractivity (Wildman–Crippen MR) is 136 cm³/mol. The predicted octanol–water partition coefficient (Wildman–Crippen LogP) is 5.57. The largest absolute Gasteiger partial charge is 0.507 e.